The molecule has 168 valence electrons. The van der Waals surface area contributed by atoms with Crippen LogP contribution in [-0.2, 0) is 4.79 Å². The lowest BCUT2D eigenvalue weighted by Gasteiger charge is -2.16. The Hall–Kier alpha value is -3.91. The van der Waals surface area contributed by atoms with Crippen molar-refractivity contribution < 1.29 is 9.59 Å². The van der Waals surface area contributed by atoms with E-state index < -0.39 is 6.04 Å². The van der Waals surface area contributed by atoms with E-state index in [1.54, 1.807) is 52.8 Å². The highest BCUT2D eigenvalue weighted by molar-refractivity contribution is 6.34. The molecule has 9 heteroatoms. The molecule has 0 saturated heterocycles. The van der Waals surface area contributed by atoms with Crippen molar-refractivity contribution in [1.82, 2.24) is 19.6 Å². The topological polar surface area (TPSA) is 93.8 Å². The fraction of sp³-hybridized carbons (Fsp3) is 0.167. The number of nitrogens with one attached hydrogen (secondary N) is 2. The van der Waals surface area contributed by atoms with Crippen LogP contribution in [0.15, 0.2) is 67.0 Å². The molecule has 0 aliphatic carbocycles. The zero-order chi connectivity index (χ0) is 23.5. The molecule has 1 atom stereocenters. The number of aryl methyl sites for hydroxylation is 2. The Morgan fingerprint density at radius 1 is 1.03 bits per heavy atom. The lowest BCUT2D eigenvalue weighted by molar-refractivity contribution is -0.119. The van der Waals surface area contributed by atoms with E-state index in [-0.39, 0.29) is 11.8 Å². The van der Waals surface area contributed by atoms with Crippen LogP contribution in [0.2, 0.25) is 5.02 Å². The molecule has 1 unspecified atom stereocenters. The second-order valence-electron chi connectivity index (χ2n) is 7.68. The molecule has 0 bridgehead atoms. The zero-order valence-corrected chi connectivity index (χ0v) is 19.2. The molecule has 0 fully saturated rings. The van der Waals surface area contributed by atoms with E-state index in [0.29, 0.717) is 22.0 Å². The van der Waals surface area contributed by atoms with E-state index in [1.165, 1.54) is 0 Å². The van der Waals surface area contributed by atoms with Gasteiger partial charge in [-0.15, -0.1) is 0 Å². The van der Waals surface area contributed by atoms with Crippen molar-refractivity contribution in [2.45, 2.75) is 26.8 Å². The summed E-state index contributed by atoms with van der Waals surface area (Å²) >= 11 is 6.37. The van der Waals surface area contributed by atoms with Crippen LogP contribution in [0.3, 0.4) is 0 Å². The van der Waals surface area contributed by atoms with Crippen LogP contribution in [0, 0.1) is 13.8 Å². The zero-order valence-electron chi connectivity index (χ0n) is 18.4. The maximum Gasteiger partial charge on any atom is 0.255 e. The second-order valence-corrected chi connectivity index (χ2v) is 8.09. The average Bonchev–Trinajstić information content (AvgIpc) is 3.44. The van der Waals surface area contributed by atoms with Gasteiger partial charge >= 0.3 is 0 Å². The first-order valence-electron chi connectivity index (χ1n) is 10.4. The minimum atomic E-state index is -0.501. The Bertz CT molecular complexity index is 1300. The fourth-order valence-corrected chi connectivity index (χ4v) is 3.70. The molecule has 2 heterocycles. The van der Waals surface area contributed by atoms with Crippen LogP contribution in [0.4, 0.5) is 11.4 Å². The first-order valence-corrected chi connectivity index (χ1v) is 10.7. The van der Waals surface area contributed by atoms with Gasteiger partial charge in [-0.05, 0) is 75.4 Å². The summed E-state index contributed by atoms with van der Waals surface area (Å²) in [6.45, 7) is 5.56. The van der Waals surface area contributed by atoms with Crippen LogP contribution in [-0.4, -0.2) is 31.4 Å². The van der Waals surface area contributed by atoms with E-state index in [4.69, 9.17) is 11.6 Å². The Morgan fingerprint density at radius 3 is 2.39 bits per heavy atom. The van der Waals surface area contributed by atoms with Crippen molar-refractivity contribution in [3.63, 3.8) is 0 Å². The summed E-state index contributed by atoms with van der Waals surface area (Å²) in [5, 5.41) is 14.5. The van der Waals surface area contributed by atoms with Crippen molar-refractivity contribution >= 4 is 34.8 Å². The lowest BCUT2D eigenvalue weighted by atomic mass is 10.2. The van der Waals surface area contributed by atoms with Crippen molar-refractivity contribution in [3.8, 4) is 5.69 Å². The molecule has 2 aromatic carbocycles. The van der Waals surface area contributed by atoms with Crippen molar-refractivity contribution in [1.29, 1.82) is 0 Å². The Kier molecular flexibility index (Phi) is 6.28. The smallest absolute Gasteiger partial charge is 0.255 e. The van der Waals surface area contributed by atoms with Crippen LogP contribution >= 0.6 is 11.6 Å². The maximum absolute atomic E-state index is 12.7. The van der Waals surface area contributed by atoms with Crippen LogP contribution in [0.1, 0.15) is 34.7 Å². The Labute approximate surface area is 196 Å². The number of halogens is 1. The standard InChI is InChI=1S/C24H23ClN6O2/c1-15-13-16(2)31(29-15)17(3)23(32)28-22-10-7-19(14-21(22)25)27-24(33)18-5-8-20(9-6-18)30-12-4-11-26-30/h4-14,17H,1-3H3,(H,27,33)(H,28,32). The fourth-order valence-electron chi connectivity index (χ4n) is 3.47. The Morgan fingerprint density at radius 2 is 1.79 bits per heavy atom. The predicted molar refractivity (Wildman–Crippen MR) is 128 cm³/mol. The molecular weight excluding hydrogens is 440 g/mol. The number of nitrogens with zero attached hydrogens (tertiary/aromatic N) is 4. The van der Waals surface area contributed by atoms with Crippen molar-refractivity contribution in [3.05, 3.63) is 89.0 Å². The average molecular weight is 463 g/mol. The number of hydrogen-bond acceptors (Lipinski definition) is 4. The van der Waals surface area contributed by atoms with Gasteiger partial charge in [0.25, 0.3) is 5.91 Å². The second kappa shape index (κ2) is 9.30. The molecule has 2 amide bonds. The van der Waals surface area contributed by atoms with Gasteiger partial charge < -0.3 is 10.6 Å². The van der Waals surface area contributed by atoms with Gasteiger partial charge in [-0.3, -0.25) is 14.3 Å². The quantitative estimate of drug-likeness (QED) is 0.430. The van der Waals surface area contributed by atoms with Gasteiger partial charge in [-0.2, -0.15) is 10.2 Å². The van der Waals surface area contributed by atoms with Crippen LogP contribution in [0.25, 0.3) is 5.69 Å². The molecule has 2 N–H and O–H groups in total. The third kappa shape index (κ3) is 4.96. The normalized spacial score (nSPS) is 11.8. The van der Waals surface area contributed by atoms with Gasteiger partial charge in [0.05, 0.1) is 22.1 Å². The summed E-state index contributed by atoms with van der Waals surface area (Å²) in [6.07, 6.45) is 3.52. The van der Waals surface area contributed by atoms with Crippen molar-refractivity contribution in [2.24, 2.45) is 0 Å². The number of amides is 2. The number of hydrogen-bond donors (Lipinski definition) is 2. The lowest BCUT2D eigenvalue weighted by Crippen LogP contribution is -2.25. The molecule has 0 saturated carbocycles. The SMILES string of the molecule is Cc1cc(C)n(C(C)C(=O)Nc2ccc(NC(=O)c3ccc(-n4cccn4)cc3)cc2Cl)n1. The van der Waals surface area contributed by atoms with Crippen LogP contribution in [0.5, 0.6) is 0 Å². The summed E-state index contributed by atoms with van der Waals surface area (Å²) < 4.78 is 3.38. The van der Waals surface area contributed by atoms with Gasteiger partial charge in [-0.25, -0.2) is 4.68 Å². The molecule has 4 aromatic rings. The van der Waals surface area contributed by atoms with Crippen molar-refractivity contribution in [2.75, 3.05) is 10.6 Å². The molecule has 4 rings (SSSR count). The highest BCUT2D eigenvalue weighted by Gasteiger charge is 2.19. The largest absolute Gasteiger partial charge is 0.323 e. The predicted octanol–water partition coefficient (Wildman–Crippen LogP) is 4.79. The monoisotopic (exact) mass is 462 g/mol. The number of carbonyl (C=O) groups is 2. The number of anilines is 2. The van der Waals surface area contributed by atoms with E-state index in [0.717, 1.165) is 17.1 Å². The minimum Gasteiger partial charge on any atom is -0.323 e. The van der Waals surface area contributed by atoms with Gasteiger partial charge in [0.15, 0.2) is 0 Å². The first-order chi connectivity index (χ1) is 15.8. The van der Waals surface area contributed by atoms with E-state index in [1.807, 2.05) is 44.3 Å². The molecule has 0 spiro atoms. The third-order valence-corrected chi connectivity index (χ3v) is 5.49. The molecule has 0 aliphatic rings. The molecule has 2 aromatic heterocycles. The van der Waals surface area contributed by atoms with Crippen LogP contribution < -0.4 is 10.6 Å². The summed E-state index contributed by atoms with van der Waals surface area (Å²) in [4.78, 5) is 25.3. The van der Waals surface area contributed by atoms with E-state index in [9.17, 15) is 9.59 Å². The summed E-state index contributed by atoms with van der Waals surface area (Å²) in [7, 11) is 0. The summed E-state index contributed by atoms with van der Waals surface area (Å²) in [6, 6.07) is 15.3. The van der Waals surface area contributed by atoms with Gasteiger partial charge in [-0.1, -0.05) is 11.6 Å². The number of carbonyl (C=O) groups excluding carboxylic acids is 2. The summed E-state index contributed by atoms with van der Waals surface area (Å²) in [5.41, 5.74) is 4.08. The van der Waals surface area contributed by atoms with Gasteiger partial charge in [0.2, 0.25) is 5.91 Å². The minimum absolute atomic E-state index is 0.239. The molecule has 33 heavy (non-hydrogen) atoms. The number of rotatable bonds is 6. The molecule has 8 nitrogen and oxygen atoms in total. The third-order valence-electron chi connectivity index (χ3n) is 5.17. The molecule has 0 radical (unpaired) electrons. The highest BCUT2D eigenvalue weighted by Crippen LogP contribution is 2.27. The highest BCUT2D eigenvalue weighted by atomic mass is 35.5. The molecular formula is C24H23ClN6O2. The first kappa shape index (κ1) is 22.3. The molecule has 0 aliphatic heterocycles. The number of benzene rings is 2. The van der Waals surface area contributed by atoms with E-state index >= 15 is 0 Å². The van der Waals surface area contributed by atoms with Gasteiger partial charge in [0, 0.05) is 29.3 Å². The van der Waals surface area contributed by atoms with Gasteiger partial charge in [0.1, 0.15) is 6.04 Å². The van der Waals surface area contributed by atoms with E-state index in [2.05, 4.69) is 20.8 Å². The number of aromatic nitrogens is 4. The summed E-state index contributed by atoms with van der Waals surface area (Å²) in [5.74, 6) is -0.509. The maximum atomic E-state index is 12.7. The Balaban J connectivity index is 1.41.